The molecule has 35 heavy (non-hydrogen) atoms. The molecule has 3 aliphatic rings. The number of hydrogen-bond donors (Lipinski definition) is 6. The van der Waals surface area contributed by atoms with Crippen LogP contribution in [0.2, 0.25) is 0 Å². The normalized spacial score (nSPS) is 28.0. The Balaban J connectivity index is 2.00. The quantitative estimate of drug-likeness (QED) is 0.255. The van der Waals surface area contributed by atoms with E-state index >= 15 is 0 Å². The number of aromatic hydroxyl groups is 1. The minimum Gasteiger partial charge on any atom is -0.510 e. The van der Waals surface area contributed by atoms with Gasteiger partial charge in [0.05, 0.1) is 17.3 Å². The number of ketones is 2. The average molecular weight is 487 g/mol. The Kier molecular flexibility index (Phi) is 5.61. The number of nitrogens with two attached hydrogens (primary N) is 1. The third-order valence-corrected chi connectivity index (χ3v) is 7.45. The van der Waals surface area contributed by atoms with Crippen LogP contribution in [-0.2, 0) is 16.0 Å². The van der Waals surface area contributed by atoms with Gasteiger partial charge in [-0.15, -0.1) is 0 Å². The molecule has 0 bridgehead atoms. The first kappa shape index (κ1) is 24.6. The van der Waals surface area contributed by atoms with E-state index in [4.69, 9.17) is 5.73 Å². The molecule has 1 amide bonds. The summed E-state index contributed by atoms with van der Waals surface area (Å²) in [6, 6.07) is 0.698. The number of phenols is 1. The Morgan fingerprint density at radius 1 is 1.17 bits per heavy atom. The highest BCUT2D eigenvalue weighted by atomic mass is 16.3. The van der Waals surface area contributed by atoms with Crippen molar-refractivity contribution in [1.29, 1.82) is 0 Å². The maximum Gasteiger partial charge on any atom is 0.255 e. The third kappa shape index (κ3) is 3.15. The van der Waals surface area contributed by atoms with E-state index in [0.29, 0.717) is 16.9 Å². The van der Waals surface area contributed by atoms with E-state index in [1.165, 1.54) is 4.90 Å². The molecule has 4 rings (SSSR count). The van der Waals surface area contributed by atoms with Gasteiger partial charge in [-0.25, -0.2) is 0 Å². The summed E-state index contributed by atoms with van der Waals surface area (Å²) in [6.45, 7) is 0. The van der Waals surface area contributed by atoms with E-state index in [9.17, 15) is 34.8 Å². The summed E-state index contributed by atoms with van der Waals surface area (Å²) in [5.74, 6) is -6.66. The van der Waals surface area contributed by atoms with E-state index < -0.39 is 58.0 Å². The second kappa shape index (κ2) is 7.99. The minimum absolute atomic E-state index is 0.0265. The molecule has 7 N–H and O–H groups in total. The van der Waals surface area contributed by atoms with Gasteiger partial charge in [-0.2, -0.15) is 0 Å². The Hall–Kier alpha value is -3.57. The van der Waals surface area contributed by atoms with Gasteiger partial charge in [-0.3, -0.25) is 19.3 Å². The summed E-state index contributed by atoms with van der Waals surface area (Å²) in [4.78, 5) is 42.4. The Bertz CT molecular complexity index is 1230. The number of aliphatic hydroxyl groups excluding tert-OH is 2. The van der Waals surface area contributed by atoms with E-state index in [-0.39, 0.29) is 29.7 Å². The molecular weight excluding hydrogens is 456 g/mol. The molecule has 0 saturated carbocycles. The van der Waals surface area contributed by atoms with Crippen molar-refractivity contribution in [2.45, 2.75) is 24.5 Å². The van der Waals surface area contributed by atoms with Crippen molar-refractivity contribution in [2.75, 3.05) is 45.5 Å². The smallest absolute Gasteiger partial charge is 0.255 e. The second-order valence-electron chi connectivity index (χ2n) is 9.75. The number of anilines is 2. The van der Waals surface area contributed by atoms with Crippen molar-refractivity contribution in [3.05, 3.63) is 39.9 Å². The molecule has 0 aromatic heterocycles. The van der Waals surface area contributed by atoms with Crippen LogP contribution in [0.15, 0.2) is 28.7 Å². The van der Waals surface area contributed by atoms with Crippen LogP contribution in [0.1, 0.15) is 22.3 Å². The number of hydrogen-bond acceptors (Lipinski definition) is 10. The number of rotatable bonds is 4. The van der Waals surface area contributed by atoms with Gasteiger partial charge in [-0.1, -0.05) is 0 Å². The maximum absolute atomic E-state index is 13.7. The first-order chi connectivity index (χ1) is 16.3. The fraction of sp³-hybridized carbons (Fsp3) is 0.458. The van der Waals surface area contributed by atoms with Crippen molar-refractivity contribution < 1.29 is 34.8 Å². The van der Waals surface area contributed by atoms with Gasteiger partial charge < -0.3 is 36.4 Å². The highest BCUT2D eigenvalue weighted by molar-refractivity contribution is 6.25. The molecule has 0 unspecified atom stereocenters. The van der Waals surface area contributed by atoms with E-state index in [2.05, 4.69) is 5.32 Å². The summed E-state index contributed by atoms with van der Waals surface area (Å²) < 4.78 is 0. The number of amides is 1. The van der Waals surface area contributed by atoms with Gasteiger partial charge >= 0.3 is 0 Å². The molecule has 0 saturated heterocycles. The predicted octanol–water partition coefficient (Wildman–Crippen LogP) is 0.228. The van der Waals surface area contributed by atoms with Gasteiger partial charge in [0.15, 0.2) is 11.4 Å². The zero-order chi connectivity index (χ0) is 26.1. The largest absolute Gasteiger partial charge is 0.510 e. The molecule has 0 heterocycles. The van der Waals surface area contributed by atoms with Gasteiger partial charge in [0.2, 0.25) is 5.78 Å². The third-order valence-electron chi connectivity index (χ3n) is 7.45. The minimum atomic E-state index is -2.65. The lowest BCUT2D eigenvalue weighted by molar-refractivity contribution is -0.148. The molecule has 11 heteroatoms. The van der Waals surface area contributed by atoms with Crippen LogP contribution in [0.5, 0.6) is 5.75 Å². The predicted molar refractivity (Wildman–Crippen MR) is 128 cm³/mol. The van der Waals surface area contributed by atoms with Crippen LogP contribution in [0.4, 0.5) is 11.4 Å². The lowest BCUT2D eigenvalue weighted by Crippen LogP contribution is -2.63. The molecule has 0 radical (unpaired) electrons. The number of nitrogens with one attached hydrogen (secondary N) is 1. The maximum atomic E-state index is 13.7. The zero-order valence-electron chi connectivity index (χ0n) is 20.2. The monoisotopic (exact) mass is 486 g/mol. The summed E-state index contributed by atoms with van der Waals surface area (Å²) in [7, 11) is 8.38. The van der Waals surface area contributed by atoms with Crippen molar-refractivity contribution in [1.82, 2.24) is 4.90 Å². The molecule has 0 aliphatic heterocycles. The van der Waals surface area contributed by atoms with Gasteiger partial charge in [-0.05, 0) is 44.5 Å². The van der Waals surface area contributed by atoms with Crippen LogP contribution in [-0.4, -0.2) is 89.7 Å². The number of benzene rings is 1. The summed E-state index contributed by atoms with van der Waals surface area (Å²) in [5, 5.41) is 47.4. The molecular formula is C24H30N4O7. The van der Waals surface area contributed by atoms with Crippen molar-refractivity contribution >= 4 is 28.8 Å². The van der Waals surface area contributed by atoms with Crippen LogP contribution in [0, 0.1) is 11.8 Å². The number of carbonyl (C=O) groups excluding carboxylic acids is 3. The molecule has 1 aromatic rings. The van der Waals surface area contributed by atoms with E-state index in [0.717, 1.165) is 0 Å². The Morgan fingerprint density at radius 2 is 1.80 bits per heavy atom. The lowest BCUT2D eigenvalue weighted by atomic mass is 9.58. The number of likely N-dealkylation sites (N-methyl/N-ethyl adjacent to an activating group) is 1. The van der Waals surface area contributed by atoms with Crippen LogP contribution in [0.3, 0.4) is 0 Å². The number of nitrogens with zero attached hydrogens (tertiary/aromatic N) is 2. The molecule has 0 spiro atoms. The zero-order valence-corrected chi connectivity index (χ0v) is 20.2. The highest BCUT2D eigenvalue weighted by Gasteiger charge is 2.63. The van der Waals surface area contributed by atoms with Crippen molar-refractivity contribution in [3.63, 3.8) is 0 Å². The van der Waals surface area contributed by atoms with Gasteiger partial charge in [0.25, 0.3) is 5.91 Å². The molecule has 4 atom stereocenters. The first-order valence-electron chi connectivity index (χ1n) is 11.2. The Labute approximate surface area is 202 Å². The van der Waals surface area contributed by atoms with Crippen LogP contribution < -0.4 is 16.0 Å². The molecule has 3 aliphatic carbocycles. The standard InChI is InChI=1S/C24H30N4O7/c1-26-12-8-13(27(2)3)10-6-9-7-11-17(28(4)5)20(31)16(23(25)34)22(33)24(11,35)21(32)14(9)19(30)15(10)18(12)29/h8-9,11,17,26,29,31-32,35H,6-7H2,1-5H3,(H2,25,34)/t9-,11-,17-,24-/m0/s1. The average Bonchev–Trinajstić information content (AvgIpc) is 2.75. The first-order valence-corrected chi connectivity index (χ1v) is 11.2. The van der Waals surface area contributed by atoms with Crippen molar-refractivity contribution in [3.8, 4) is 5.75 Å². The fourth-order valence-corrected chi connectivity index (χ4v) is 5.89. The number of primary amides is 1. The molecule has 0 fully saturated rings. The van der Waals surface area contributed by atoms with Crippen LogP contribution in [0.25, 0.3) is 0 Å². The number of Topliss-reactive ketones (excluding diaryl/α,β-unsaturated/α-hetero) is 2. The topological polar surface area (TPSA) is 177 Å². The number of fused-ring (bicyclic) bond motifs is 3. The number of aliphatic hydroxyl groups is 3. The Morgan fingerprint density at radius 3 is 2.31 bits per heavy atom. The summed E-state index contributed by atoms with van der Waals surface area (Å²) >= 11 is 0. The molecule has 1 aromatic carbocycles. The fourth-order valence-electron chi connectivity index (χ4n) is 5.89. The molecule has 188 valence electrons. The van der Waals surface area contributed by atoms with Crippen LogP contribution >= 0.6 is 0 Å². The number of carbonyl (C=O) groups is 3. The van der Waals surface area contributed by atoms with E-state index in [1.807, 2.05) is 0 Å². The summed E-state index contributed by atoms with van der Waals surface area (Å²) in [5.41, 5.74) is 3.23. The van der Waals surface area contributed by atoms with Gasteiger partial charge in [0.1, 0.15) is 22.8 Å². The van der Waals surface area contributed by atoms with Gasteiger partial charge in [0, 0.05) is 38.3 Å². The lowest BCUT2D eigenvalue weighted by Gasteiger charge is -2.50. The molecule has 11 nitrogen and oxygen atoms in total. The van der Waals surface area contributed by atoms with Crippen molar-refractivity contribution in [2.24, 2.45) is 17.6 Å². The van der Waals surface area contributed by atoms with E-state index in [1.54, 1.807) is 46.2 Å². The highest BCUT2D eigenvalue weighted by Crippen LogP contribution is 2.53. The SMILES string of the molecule is CNc1cc(N(C)C)c2c(c1O)C(=O)C1=C(O)[C@]3(O)C(=O)C(C(N)=O)=C(O)[C@@H](N(C)C)[C@@H]3C[C@@H]1C2. The number of phenolic OH excluding ortho intramolecular Hbond substituents is 1. The summed E-state index contributed by atoms with van der Waals surface area (Å²) in [6.07, 6.45) is 0.285. The number of allylic oxidation sites excluding steroid dienone is 1. The second-order valence-corrected chi connectivity index (χ2v) is 9.75.